The second-order valence-corrected chi connectivity index (χ2v) is 7.21. The maximum Gasteiger partial charge on any atom is 0.242 e. The van der Waals surface area contributed by atoms with E-state index < -0.39 is 0 Å². The summed E-state index contributed by atoms with van der Waals surface area (Å²) in [6.45, 7) is 2.08. The lowest BCUT2D eigenvalue weighted by Gasteiger charge is -2.29. The second-order valence-electron chi connectivity index (χ2n) is 6.45. The van der Waals surface area contributed by atoms with Crippen LogP contribution in [0.15, 0.2) is 35.3 Å². The van der Waals surface area contributed by atoms with Gasteiger partial charge in [-0.3, -0.25) is 9.79 Å². The lowest BCUT2D eigenvalue weighted by Crippen LogP contribution is -2.45. The molecule has 1 aromatic carbocycles. The van der Waals surface area contributed by atoms with E-state index in [-0.39, 0.29) is 36.4 Å². The van der Waals surface area contributed by atoms with Gasteiger partial charge < -0.3 is 20.1 Å². The molecule has 2 aromatic rings. The highest BCUT2D eigenvalue weighted by Crippen LogP contribution is 2.24. The highest BCUT2D eigenvalue weighted by molar-refractivity contribution is 14.0. The van der Waals surface area contributed by atoms with Crippen molar-refractivity contribution in [2.24, 2.45) is 12.0 Å². The Kier molecular flexibility index (Phi) is 8.45. The molecule has 0 saturated carbocycles. The predicted octanol–water partition coefficient (Wildman–Crippen LogP) is 3.20. The largest absolute Gasteiger partial charge is 0.351 e. The van der Waals surface area contributed by atoms with E-state index in [1.807, 2.05) is 24.1 Å². The number of carbonyl (C=O) groups excluding carboxylic acids is 1. The Hall–Kier alpha value is -1.45. The number of aromatic nitrogens is 1. The van der Waals surface area contributed by atoms with E-state index in [9.17, 15) is 4.79 Å². The van der Waals surface area contributed by atoms with E-state index in [1.54, 1.807) is 17.7 Å². The summed E-state index contributed by atoms with van der Waals surface area (Å²) in [6, 6.07) is 10.1. The van der Waals surface area contributed by atoms with E-state index in [4.69, 9.17) is 23.2 Å². The predicted molar refractivity (Wildman–Crippen MR) is 125 cm³/mol. The Morgan fingerprint density at radius 1 is 1.21 bits per heavy atom. The second kappa shape index (κ2) is 10.4. The van der Waals surface area contributed by atoms with Gasteiger partial charge in [0.2, 0.25) is 5.91 Å². The fraction of sp³-hybridized carbons (Fsp3) is 0.368. The molecule has 0 saturated heterocycles. The summed E-state index contributed by atoms with van der Waals surface area (Å²) in [6.07, 6.45) is 0.893. The van der Waals surface area contributed by atoms with Crippen molar-refractivity contribution in [1.82, 2.24) is 20.1 Å². The normalized spacial score (nSPS) is 13.6. The average Bonchev–Trinajstić information content (AvgIpc) is 2.94. The minimum absolute atomic E-state index is 0. The van der Waals surface area contributed by atoms with E-state index in [1.165, 1.54) is 11.1 Å². The van der Waals surface area contributed by atoms with Crippen LogP contribution in [0, 0.1) is 0 Å². The summed E-state index contributed by atoms with van der Waals surface area (Å²) in [4.78, 5) is 18.6. The van der Waals surface area contributed by atoms with Crippen LogP contribution in [0.25, 0.3) is 0 Å². The van der Waals surface area contributed by atoms with Crippen LogP contribution in [-0.2, 0) is 31.4 Å². The van der Waals surface area contributed by atoms with Crippen molar-refractivity contribution in [1.29, 1.82) is 0 Å². The highest BCUT2D eigenvalue weighted by Gasteiger charge is 2.20. The maximum atomic E-state index is 12.5. The standard InChI is InChI=1S/C19H23Cl2N5O.HI/c1-22-19(23-10-15-9-16(20)18(21)25(15)2)24-11-17(27)26-8-7-13-5-3-4-6-14(13)12-26;/h3-6,9H,7-8,10-12H2,1-2H3,(H2,22,23,24);1H. The van der Waals surface area contributed by atoms with Gasteiger partial charge in [-0.05, 0) is 23.6 Å². The topological polar surface area (TPSA) is 61.7 Å². The number of halogens is 3. The number of nitrogens with zero attached hydrogens (tertiary/aromatic N) is 3. The zero-order chi connectivity index (χ0) is 19.4. The third kappa shape index (κ3) is 5.33. The van der Waals surface area contributed by atoms with Gasteiger partial charge in [-0.15, -0.1) is 24.0 Å². The Morgan fingerprint density at radius 3 is 2.57 bits per heavy atom. The molecule has 0 bridgehead atoms. The summed E-state index contributed by atoms with van der Waals surface area (Å²) in [5.41, 5.74) is 3.47. The zero-order valence-electron chi connectivity index (χ0n) is 15.8. The fourth-order valence-electron chi connectivity index (χ4n) is 3.13. The fourth-order valence-corrected chi connectivity index (χ4v) is 3.55. The molecule has 6 nitrogen and oxygen atoms in total. The minimum Gasteiger partial charge on any atom is -0.351 e. The molecule has 0 unspecified atom stereocenters. The molecule has 1 aliphatic heterocycles. The number of fused-ring (bicyclic) bond motifs is 1. The number of hydrogen-bond acceptors (Lipinski definition) is 2. The first-order chi connectivity index (χ1) is 13.0. The van der Waals surface area contributed by atoms with Crippen molar-refractivity contribution >= 4 is 59.0 Å². The van der Waals surface area contributed by atoms with E-state index >= 15 is 0 Å². The first-order valence-corrected chi connectivity index (χ1v) is 9.54. The summed E-state index contributed by atoms with van der Waals surface area (Å²) < 4.78 is 1.81. The highest BCUT2D eigenvalue weighted by atomic mass is 127. The van der Waals surface area contributed by atoms with Crippen LogP contribution in [0.4, 0.5) is 0 Å². The number of aliphatic imine (C=N–C) groups is 1. The summed E-state index contributed by atoms with van der Waals surface area (Å²) in [5.74, 6) is 0.603. The molecule has 2 N–H and O–H groups in total. The van der Waals surface area contributed by atoms with Crippen LogP contribution in [0.1, 0.15) is 16.8 Å². The molecule has 152 valence electrons. The molecule has 3 rings (SSSR count). The Morgan fingerprint density at radius 2 is 1.93 bits per heavy atom. The first-order valence-electron chi connectivity index (χ1n) is 8.78. The quantitative estimate of drug-likeness (QED) is 0.359. The Labute approximate surface area is 192 Å². The molecule has 0 atom stereocenters. The smallest absolute Gasteiger partial charge is 0.242 e. The van der Waals surface area contributed by atoms with Crippen LogP contribution >= 0.6 is 47.2 Å². The number of hydrogen-bond donors (Lipinski definition) is 2. The summed E-state index contributed by atoms with van der Waals surface area (Å²) in [5, 5.41) is 7.26. The van der Waals surface area contributed by atoms with Gasteiger partial charge in [0.25, 0.3) is 0 Å². The minimum atomic E-state index is 0. The van der Waals surface area contributed by atoms with Crippen LogP contribution in [-0.4, -0.2) is 41.5 Å². The van der Waals surface area contributed by atoms with Gasteiger partial charge >= 0.3 is 0 Å². The van der Waals surface area contributed by atoms with Gasteiger partial charge in [0.1, 0.15) is 5.15 Å². The molecule has 1 amide bonds. The number of nitrogens with one attached hydrogen (secondary N) is 2. The summed E-state index contributed by atoms with van der Waals surface area (Å²) >= 11 is 12.1. The molecule has 1 aliphatic rings. The third-order valence-electron chi connectivity index (χ3n) is 4.77. The van der Waals surface area contributed by atoms with Gasteiger partial charge in [-0.2, -0.15) is 0 Å². The lowest BCUT2D eigenvalue weighted by molar-refractivity contribution is -0.130. The first kappa shape index (κ1) is 22.8. The van der Waals surface area contributed by atoms with Gasteiger partial charge in [-0.25, -0.2) is 0 Å². The zero-order valence-corrected chi connectivity index (χ0v) is 19.7. The molecular weight excluding hydrogens is 512 g/mol. The van der Waals surface area contributed by atoms with E-state index in [0.717, 1.165) is 18.7 Å². The molecule has 0 aliphatic carbocycles. The van der Waals surface area contributed by atoms with Gasteiger partial charge in [0, 0.05) is 32.9 Å². The van der Waals surface area contributed by atoms with E-state index in [0.29, 0.717) is 29.2 Å². The molecule has 0 fully saturated rings. The summed E-state index contributed by atoms with van der Waals surface area (Å²) in [7, 11) is 3.51. The maximum absolute atomic E-state index is 12.5. The molecule has 28 heavy (non-hydrogen) atoms. The Bertz CT molecular complexity index is 868. The van der Waals surface area contributed by atoms with Crippen molar-refractivity contribution in [2.75, 3.05) is 20.1 Å². The number of rotatable bonds is 4. The average molecular weight is 536 g/mol. The molecule has 1 aromatic heterocycles. The van der Waals surface area contributed by atoms with Crippen molar-refractivity contribution in [3.63, 3.8) is 0 Å². The number of carbonyl (C=O) groups is 1. The number of benzene rings is 1. The van der Waals surface area contributed by atoms with Crippen molar-refractivity contribution in [3.05, 3.63) is 57.3 Å². The van der Waals surface area contributed by atoms with Crippen molar-refractivity contribution < 1.29 is 4.79 Å². The van der Waals surface area contributed by atoms with Gasteiger partial charge in [-0.1, -0.05) is 47.5 Å². The molecule has 0 spiro atoms. The van der Waals surface area contributed by atoms with Gasteiger partial charge in [0.05, 0.1) is 18.1 Å². The molecule has 2 heterocycles. The van der Waals surface area contributed by atoms with Crippen molar-refractivity contribution in [3.8, 4) is 0 Å². The third-order valence-corrected chi connectivity index (χ3v) is 5.61. The number of amides is 1. The van der Waals surface area contributed by atoms with Gasteiger partial charge in [0.15, 0.2) is 5.96 Å². The number of guanidine groups is 1. The van der Waals surface area contributed by atoms with Crippen LogP contribution in [0.3, 0.4) is 0 Å². The molecule has 9 heteroatoms. The van der Waals surface area contributed by atoms with Crippen molar-refractivity contribution in [2.45, 2.75) is 19.5 Å². The molecular formula is C19H24Cl2IN5O. The van der Waals surface area contributed by atoms with E-state index in [2.05, 4.69) is 27.8 Å². The van der Waals surface area contributed by atoms with Crippen LogP contribution in [0.2, 0.25) is 10.2 Å². The lowest BCUT2D eigenvalue weighted by atomic mass is 10.00. The SMILES string of the molecule is CN=C(NCC(=O)N1CCc2ccccc2C1)NCc1cc(Cl)c(Cl)n1C.I. The Balaban J connectivity index is 0.00000280. The van der Waals surface area contributed by atoms with Crippen LogP contribution < -0.4 is 10.6 Å². The monoisotopic (exact) mass is 535 g/mol. The van der Waals surface area contributed by atoms with Crippen LogP contribution in [0.5, 0.6) is 0 Å². The molecule has 0 radical (unpaired) electrons.